The number of aromatic nitrogens is 3. The van der Waals surface area contributed by atoms with E-state index in [1.807, 2.05) is 11.7 Å². The molecule has 158 valence electrons. The molecule has 0 unspecified atom stereocenters. The Bertz CT molecular complexity index is 1020. The molecule has 0 spiro atoms. The SMILES string of the molecule is Cn1nc(N2CCCC2)nc1C[PH](c1ccccc1)(c1ccccc1)c1ccccc1. The van der Waals surface area contributed by atoms with E-state index >= 15 is 0 Å². The van der Waals surface area contributed by atoms with Gasteiger partial charge in [-0.05, 0) is 0 Å². The Balaban J connectivity index is 1.69. The zero-order valence-corrected chi connectivity index (χ0v) is 19.0. The summed E-state index contributed by atoms with van der Waals surface area (Å²) in [5, 5.41) is 9.01. The zero-order chi connectivity index (χ0) is 21.1. The van der Waals surface area contributed by atoms with Gasteiger partial charge in [0.25, 0.3) is 0 Å². The summed E-state index contributed by atoms with van der Waals surface area (Å²) in [5.74, 6) is 1.94. The van der Waals surface area contributed by atoms with E-state index in [1.54, 1.807) is 0 Å². The van der Waals surface area contributed by atoms with Crippen LogP contribution in [0.2, 0.25) is 0 Å². The number of hydrogen-bond acceptors (Lipinski definition) is 3. The molecule has 0 saturated carbocycles. The van der Waals surface area contributed by atoms with Gasteiger partial charge < -0.3 is 0 Å². The molecular weight excluding hydrogens is 399 g/mol. The van der Waals surface area contributed by atoms with Crippen LogP contribution in [-0.4, -0.2) is 27.9 Å². The van der Waals surface area contributed by atoms with Crippen molar-refractivity contribution in [3.8, 4) is 0 Å². The molecule has 0 bridgehead atoms. The van der Waals surface area contributed by atoms with Crippen molar-refractivity contribution in [2.75, 3.05) is 18.0 Å². The van der Waals surface area contributed by atoms with Gasteiger partial charge >= 0.3 is 185 Å². The fraction of sp³-hybridized carbons (Fsp3) is 0.231. The quantitative estimate of drug-likeness (QED) is 0.440. The second-order valence-corrected chi connectivity index (χ2v) is 12.2. The molecule has 0 atom stereocenters. The number of anilines is 1. The Kier molecular flexibility index (Phi) is 5.57. The molecular formula is C26H29N4P. The topological polar surface area (TPSA) is 34.0 Å². The number of aryl methyl sites for hydroxylation is 1. The average Bonchev–Trinajstić information content (AvgIpc) is 3.49. The first-order chi connectivity index (χ1) is 15.3. The molecule has 1 saturated heterocycles. The third-order valence-corrected chi connectivity index (χ3v) is 11.3. The van der Waals surface area contributed by atoms with Gasteiger partial charge in [-0.15, -0.1) is 0 Å². The van der Waals surface area contributed by atoms with Crippen LogP contribution >= 0.6 is 7.26 Å². The second-order valence-electron chi connectivity index (χ2n) is 8.33. The van der Waals surface area contributed by atoms with Gasteiger partial charge in [0.15, 0.2) is 0 Å². The van der Waals surface area contributed by atoms with E-state index < -0.39 is 7.26 Å². The summed E-state index contributed by atoms with van der Waals surface area (Å²) in [6.07, 6.45) is 3.33. The normalized spacial score (nSPS) is 14.7. The van der Waals surface area contributed by atoms with E-state index in [1.165, 1.54) is 28.8 Å². The Morgan fingerprint density at radius 1 is 0.710 bits per heavy atom. The van der Waals surface area contributed by atoms with Crippen LogP contribution in [0.15, 0.2) is 91.0 Å². The molecule has 1 fully saturated rings. The Morgan fingerprint density at radius 2 is 1.16 bits per heavy atom. The van der Waals surface area contributed by atoms with Crippen LogP contribution in [0, 0.1) is 0 Å². The first-order valence-electron chi connectivity index (χ1n) is 11.1. The first-order valence-corrected chi connectivity index (χ1v) is 13.3. The minimum atomic E-state index is -2.36. The van der Waals surface area contributed by atoms with E-state index in [9.17, 15) is 0 Å². The van der Waals surface area contributed by atoms with Crippen LogP contribution in [-0.2, 0) is 13.2 Å². The molecule has 0 amide bonds. The van der Waals surface area contributed by atoms with Crippen molar-refractivity contribution in [2.45, 2.75) is 19.0 Å². The van der Waals surface area contributed by atoms with Crippen LogP contribution in [0.4, 0.5) is 5.95 Å². The maximum atomic E-state index is 5.07. The van der Waals surface area contributed by atoms with Crippen LogP contribution in [0.25, 0.3) is 0 Å². The predicted molar refractivity (Wildman–Crippen MR) is 133 cm³/mol. The summed E-state index contributed by atoms with van der Waals surface area (Å²) in [7, 11) is -0.320. The summed E-state index contributed by atoms with van der Waals surface area (Å²) in [5.41, 5.74) is 0. The van der Waals surface area contributed by atoms with E-state index in [0.717, 1.165) is 31.0 Å². The van der Waals surface area contributed by atoms with Gasteiger partial charge in [-0.25, -0.2) is 0 Å². The number of hydrogen-bond donors (Lipinski definition) is 0. The molecule has 1 aliphatic rings. The maximum absolute atomic E-state index is 5.07. The molecule has 1 aliphatic heterocycles. The van der Waals surface area contributed by atoms with Gasteiger partial charge in [0, 0.05) is 0 Å². The van der Waals surface area contributed by atoms with E-state index in [0.29, 0.717) is 0 Å². The van der Waals surface area contributed by atoms with Gasteiger partial charge in [0.05, 0.1) is 0 Å². The van der Waals surface area contributed by atoms with Crippen LogP contribution in [0.3, 0.4) is 0 Å². The van der Waals surface area contributed by atoms with Crippen molar-refractivity contribution in [1.82, 2.24) is 14.8 Å². The van der Waals surface area contributed by atoms with Crippen LogP contribution in [0.5, 0.6) is 0 Å². The third kappa shape index (κ3) is 3.77. The van der Waals surface area contributed by atoms with Gasteiger partial charge in [-0.2, -0.15) is 0 Å². The van der Waals surface area contributed by atoms with Crippen molar-refractivity contribution < 1.29 is 0 Å². The Hall–Kier alpha value is -2.97. The first kappa shape index (κ1) is 20.0. The fourth-order valence-corrected chi connectivity index (χ4v) is 9.50. The van der Waals surface area contributed by atoms with Crippen molar-refractivity contribution in [3.05, 3.63) is 96.8 Å². The van der Waals surface area contributed by atoms with E-state index in [-0.39, 0.29) is 0 Å². The van der Waals surface area contributed by atoms with Gasteiger partial charge in [-0.1, -0.05) is 0 Å². The number of rotatable bonds is 6. The van der Waals surface area contributed by atoms with Gasteiger partial charge in [-0.3, -0.25) is 0 Å². The average molecular weight is 429 g/mol. The molecule has 2 heterocycles. The molecule has 5 heteroatoms. The summed E-state index contributed by atoms with van der Waals surface area (Å²) < 4.78 is 2.00. The third-order valence-electron chi connectivity index (χ3n) is 6.45. The molecule has 4 nitrogen and oxygen atoms in total. The van der Waals surface area contributed by atoms with Gasteiger partial charge in [0.1, 0.15) is 0 Å². The standard InChI is InChI=1S/C26H29N4P/c1-29-25(27-26(28-29)30-19-11-12-20-30)21-31(22-13-5-2-6-14-22,23-15-7-3-8-16-23)24-17-9-4-10-18-24/h2-10,13-18,31H,11-12,19-21H2,1H3. The van der Waals surface area contributed by atoms with Gasteiger partial charge in [0.2, 0.25) is 0 Å². The second kappa shape index (κ2) is 8.64. The molecule has 1 aromatic heterocycles. The molecule has 0 N–H and O–H groups in total. The van der Waals surface area contributed by atoms with Crippen LogP contribution < -0.4 is 20.8 Å². The summed E-state index contributed by atoms with van der Waals surface area (Å²) in [6.45, 7) is 2.12. The summed E-state index contributed by atoms with van der Waals surface area (Å²) >= 11 is 0. The Morgan fingerprint density at radius 3 is 1.61 bits per heavy atom. The molecule has 5 rings (SSSR count). The van der Waals surface area contributed by atoms with Crippen molar-refractivity contribution >= 4 is 29.1 Å². The fourth-order valence-electron chi connectivity index (χ4n) is 4.82. The number of benzene rings is 3. The Labute approximate surface area is 184 Å². The molecule has 0 radical (unpaired) electrons. The zero-order valence-electron chi connectivity index (χ0n) is 18.0. The predicted octanol–water partition coefficient (Wildman–Crippen LogP) is 3.64. The van der Waals surface area contributed by atoms with Crippen molar-refractivity contribution in [3.63, 3.8) is 0 Å². The summed E-state index contributed by atoms with van der Waals surface area (Å²) in [4.78, 5) is 7.39. The van der Waals surface area contributed by atoms with E-state index in [4.69, 9.17) is 10.1 Å². The van der Waals surface area contributed by atoms with Crippen LogP contribution in [0.1, 0.15) is 18.7 Å². The molecule has 0 aliphatic carbocycles. The monoisotopic (exact) mass is 428 g/mol. The number of nitrogens with zero attached hydrogens (tertiary/aromatic N) is 4. The molecule has 3 aromatic carbocycles. The van der Waals surface area contributed by atoms with Crippen molar-refractivity contribution in [1.29, 1.82) is 0 Å². The van der Waals surface area contributed by atoms with Crippen molar-refractivity contribution in [2.24, 2.45) is 7.05 Å². The summed E-state index contributed by atoms with van der Waals surface area (Å²) in [6, 6.07) is 33.1. The minimum absolute atomic E-state index is 0.877. The van der Waals surface area contributed by atoms with E-state index in [2.05, 4.69) is 95.9 Å². The molecule has 4 aromatic rings. The molecule has 31 heavy (non-hydrogen) atoms.